The number of ether oxygens (including phenoxy) is 1. The molecule has 0 aliphatic heterocycles. The maximum Gasteiger partial charge on any atom is 0.293 e. The fraction of sp³-hybridized carbons (Fsp3) is 0.962. The molecule has 0 saturated heterocycles. The van der Waals surface area contributed by atoms with Crippen molar-refractivity contribution in [1.29, 1.82) is 0 Å². The number of hydrogen-bond donors (Lipinski definition) is 1. The molecule has 0 aromatic carbocycles. The molecule has 1 atom stereocenters. The van der Waals surface area contributed by atoms with Gasteiger partial charge >= 0.3 is 0 Å². The van der Waals surface area contributed by atoms with E-state index in [0.717, 1.165) is 6.54 Å². The summed E-state index contributed by atoms with van der Waals surface area (Å²) in [5.74, 6) is 0.591. The smallest absolute Gasteiger partial charge is 0.293 e. The van der Waals surface area contributed by atoms with Gasteiger partial charge in [-0.2, -0.15) is 0 Å². The maximum atomic E-state index is 10.3. The zero-order valence-electron chi connectivity index (χ0n) is 21.0. The van der Waals surface area contributed by atoms with E-state index in [9.17, 15) is 4.79 Å². The van der Waals surface area contributed by atoms with Gasteiger partial charge in [0, 0.05) is 0 Å². The van der Waals surface area contributed by atoms with Gasteiger partial charge in [-0.15, -0.1) is 0 Å². The molecule has 0 fully saturated rings. The van der Waals surface area contributed by atoms with Crippen molar-refractivity contribution in [3.8, 4) is 0 Å². The van der Waals surface area contributed by atoms with E-state index in [0.29, 0.717) is 19.0 Å². The first kappa shape index (κ1) is 33.1. The number of carbonyl (C=O) groups excluding carboxylic acids is 1. The molecule has 0 aliphatic carbocycles. The maximum absolute atomic E-state index is 10.3. The minimum Gasteiger partial charge on any atom is -0.468 e. The molecule has 3 nitrogen and oxygen atoms in total. The summed E-state index contributed by atoms with van der Waals surface area (Å²) in [5, 5.41) is 0. The summed E-state index contributed by atoms with van der Waals surface area (Å²) in [4.78, 5) is 10.3. The highest BCUT2D eigenvalue weighted by molar-refractivity contribution is 5.36. The molecular weight excluding hydrogens is 358 g/mol. The van der Waals surface area contributed by atoms with Crippen molar-refractivity contribution < 1.29 is 9.53 Å². The molecular formula is C26H57NO2. The lowest BCUT2D eigenvalue weighted by Crippen LogP contribution is -2.09. The van der Waals surface area contributed by atoms with Crippen molar-refractivity contribution in [2.24, 2.45) is 11.7 Å². The van der Waals surface area contributed by atoms with Crippen LogP contribution in [0.1, 0.15) is 144 Å². The van der Waals surface area contributed by atoms with Crippen LogP contribution in [0.4, 0.5) is 0 Å². The lowest BCUT2D eigenvalue weighted by molar-refractivity contribution is -0.130. The van der Waals surface area contributed by atoms with E-state index in [4.69, 9.17) is 10.5 Å². The molecule has 0 aromatic heterocycles. The largest absolute Gasteiger partial charge is 0.468 e. The SMILES string of the molecule is CCC.CCCCCCCCC(CCCCCC)COC=O.CCCCCCN. The Morgan fingerprint density at radius 3 is 1.45 bits per heavy atom. The van der Waals surface area contributed by atoms with E-state index in [1.165, 1.54) is 109 Å². The van der Waals surface area contributed by atoms with Gasteiger partial charge in [0.25, 0.3) is 6.47 Å². The molecule has 0 aliphatic rings. The average molecular weight is 416 g/mol. The van der Waals surface area contributed by atoms with Crippen molar-refractivity contribution in [1.82, 2.24) is 0 Å². The van der Waals surface area contributed by atoms with Crippen LogP contribution in [0, 0.1) is 5.92 Å². The quantitative estimate of drug-likeness (QED) is 0.170. The lowest BCUT2D eigenvalue weighted by atomic mass is 9.95. The Hall–Kier alpha value is -0.570. The van der Waals surface area contributed by atoms with Gasteiger partial charge in [-0.25, -0.2) is 0 Å². The fourth-order valence-electron chi connectivity index (χ4n) is 3.13. The van der Waals surface area contributed by atoms with Crippen molar-refractivity contribution in [3.63, 3.8) is 0 Å². The summed E-state index contributed by atoms with van der Waals surface area (Å²) in [7, 11) is 0. The Morgan fingerprint density at radius 2 is 1.03 bits per heavy atom. The molecule has 0 aromatic rings. The van der Waals surface area contributed by atoms with Gasteiger partial charge < -0.3 is 10.5 Å². The number of hydrogen-bond acceptors (Lipinski definition) is 3. The highest BCUT2D eigenvalue weighted by atomic mass is 16.5. The van der Waals surface area contributed by atoms with Crippen LogP contribution in [0.3, 0.4) is 0 Å². The van der Waals surface area contributed by atoms with Crippen LogP contribution < -0.4 is 5.73 Å². The molecule has 0 amide bonds. The second-order valence-electron chi connectivity index (χ2n) is 8.26. The topological polar surface area (TPSA) is 52.3 Å². The van der Waals surface area contributed by atoms with Crippen LogP contribution in [0.2, 0.25) is 0 Å². The third-order valence-electron chi connectivity index (χ3n) is 4.89. The Morgan fingerprint density at radius 1 is 0.655 bits per heavy atom. The predicted octanol–water partition coefficient (Wildman–Crippen LogP) is 8.44. The van der Waals surface area contributed by atoms with E-state index in [1.807, 2.05) is 0 Å². The van der Waals surface area contributed by atoms with E-state index in [1.54, 1.807) is 0 Å². The molecule has 0 heterocycles. The second kappa shape index (κ2) is 34.9. The zero-order valence-corrected chi connectivity index (χ0v) is 21.0. The van der Waals surface area contributed by atoms with E-state index < -0.39 is 0 Å². The standard InChI is InChI=1S/C17H34O2.C6H15N.C3H8/c1-3-5-7-9-10-12-14-17(15-19-16-18)13-11-8-6-4-2;1-2-3-4-5-6-7;1-3-2/h16-17H,3-15H2,1-2H3;2-7H2,1H3;3H2,1-2H3. The Balaban J connectivity index is -0.000000559. The van der Waals surface area contributed by atoms with E-state index in [2.05, 4.69) is 34.6 Å². The third-order valence-corrected chi connectivity index (χ3v) is 4.89. The normalized spacial score (nSPS) is 11.0. The molecule has 178 valence electrons. The molecule has 0 rings (SSSR count). The van der Waals surface area contributed by atoms with Gasteiger partial charge in [-0.1, -0.05) is 125 Å². The summed E-state index contributed by atoms with van der Waals surface area (Å²) >= 11 is 0. The monoisotopic (exact) mass is 415 g/mol. The van der Waals surface area contributed by atoms with Gasteiger partial charge in [-0.05, 0) is 31.7 Å². The number of unbranched alkanes of at least 4 members (excludes halogenated alkanes) is 11. The first-order valence-electron chi connectivity index (χ1n) is 12.9. The third kappa shape index (κ3) is 38.6. The van der Waals surface area contributed by atoms with Crippen molar-refractivity contribution in [2.45, 2.75) is 144 Å². The summed E-state index contributed by atoms with van der Waals surface area (Å²) in [6.07, 6.45) is 22.2. The number of rotatable bonds is 19. The fourth-order valence-corrected chi connectivity index (χ4v) is 3.13. The molecule has 0 bridgehead atoms. The average Bonchev–Trinajstić information content (AvgIpc) is 2.72. The summed E-state index contributed by atoms with van der Waals surface area (Å²) < 4.78 is 4.97. The number of nitrogens with two attached hydrogens (primary N) is 1. The van der Waals surface area contributed by atoms with Crippen LogP contribution in [0.25, 0.3) is 0 Å². The van der Waals surface area contributed by atoms with Crippen LogP contribution in [0.15, 0.2) is 0 Å². The van der Waals surface area contributed by atoms with Gasteiger partial charge in [-0.3, -0.25) is 4.79 Å². The highest BCUT2D eigenvalue weighted by Gasteiger charge is 2.09. The van der Waals surface area contributed by atoms with Gasteiger partial charge in [0.2, 0.25) is 0 Å². The van der Waals surface area contributed by atoms with Gasteiger partial charge in [0.15, 0.2) is 0 Å². The zero-order chi connectivity index (χ0) is 22.4. The number of carbonyl (C=O) groups is 1. The molecule has 3 heteroatoms. The summed E-state index contributed by atoms with van der Waals surface area (Å²) in [6.45, 7) is 13.0. The molecule has 0 saturated carbocycles. The summed E-state index contributed by atoms with van der Waals surface area (Å²) in [5.41, 5.74) is 5.27. The van der Waals surface area contributed by atoms with E-state index >= 15 is 0 Å². The molecule has 29 heavy (non-hydrogen) atoms. The predicted molar refractivity (Wildman–Crippen MR) is 131 cm³/mol. The Kier molecular flexibility index (Phi) is 39.8. The first-order valence-corrected chi connectivity index (χ1v) is 12.9. The summed E-state index contributed by atoms with van der Waals surface area (Å²) in [6, 6.07) is 0. The molecule has 0 spiro atoms. The first-order chi connectivity index (χ1) is 14.2. The Bertz CT molecular complexity index is 255. The van der Waals surface area contributed by atoms with Crippen LogP contribution in [-0.4, -0.2) is 19.6 Å². The second-order valence-corrected chi connectivity index (χ2v) is 8.26. The minimum atomic E-state index is 0.591. The van der Waals surface area contributed by atoms with Crippen molar-refractivity contribution >= 4 is 6.47 Å². The van der Waals surface area contributed by atoms with E-state index in [-0.39, 0.29) is 0 Å². The minimum absolute atomic E-state index is 0.591. The highest BCUT2D eigenvalue weighted by Crippen LogP contribution is 2.19. The molecule has 1 unspecified atom stereocenters. The van der Waals surface area contributed by atoms with Crippen molar-refractivity contribution in [3.05, 3.63) is 0 Å². The molecule has 0 radical (unpaired) electrons. The molecule has 2 N–H and O–H groups in total. The van der Waals surface area contributed by atoms with Crippen molar-refractivity contribution in [2.75, 3.05) is 13.2 Å². The van der Waals surface area contributed by atoms with Crippen LogP contribution in [0.5, 0.6) is 0 Å². The van der Waals surface area contributed by atoms with Crippen LogP contribution in [-0.2, 0) is 9.53 Å². The van der Waals surface area contributed by atoms with Gasteiger partial charge in [0.05, 0.1) is 6.61 Å². The Labute approximate surface area is 184 Å². The lowest BCUT2D eigenvalue weighted by Gasteiger charge is -2.15. The van der Waals surface area contributed by atoms with Crippen LogP contribution >= 0.6 is 0 Å². The van der Waals surface area contributed by atoms with Gasteiger partial charge in [0.1, 0.15) is 0 Å².